The first-order valence-electron chi connectivity index (χ1n) is 5.65. The molecule has 0 atom stereocenters. The van der Waals surface area contributed by atoms with E-state index in [1.807, 2.05) is 45.0 Å². The average molecular weight is 220 g/mol. The number of carbonyl (C=O) groups excluding carboxylic acids is 1. The molecule has 0 heterocycles. The van der Waals surface area contributed by atoms with Gasteiger partial charge in [0.2, 0.25) is 5.91 Å². The number of amides is 1. The third kappa shape index (κ3) is 2.83. The van der Waals surface area contributed by atoms with Crippen LogP contribution in [-0.2, 0) is 4.79 Å². The summed E-state index contributed by atoms with van der Waals surface area (Å²) in [5.41, 5.74) is 7.63. The summed E-state index contributed by atoms with van der Waals surface area (Å²) in [4.78, 5) is 13.8. The van der Waals surface area contributed by atoms with Crippen LogP contribution in [0.3, 0.4) is 0 Å². The number of nitrogens with zero attached hydrogens (tertiary/aromatic N) is 1. The zero-order valence-corrected chi connectivity index (χ0v) is 10.2. The Kier molecular flexibility index (Phi) is 4.50. The molecule has 0 aliphatic heterocycles. The molecule has 1 amide bonds. The van der Waals surface area contributed by atoms with Gasteiger partial charge in [0.05, 0.1) is 0 Å². The van der Waals surface area contributed by atoms with Crippen molar-refractivity contribution in [2.45, 2.75) is 20.8 Å². The van der Waals surface area contributed by atoms with Gasteiger partial charge >= 0.3 is 0 Å². The number of hydrogen-bond acceptors (Lipinski definition) is 2. The Morgan fingerprint density at radius 3 is 2.50 bits per heavy atom. The van der Waals surface area contributed by atoms with Gasteiger partial charge in [0, 0.05) is 24.7 Å². The third-order valence-electron chi connectivity index (χ3n) is 2.52. The van der Waals surface area contributed by atoms with E-state index >= 15 is 0 Å². The molecule has 88 valence electrons. The molecule has 1 aromatic carbocycles. The predicted octanol–water partition coefficient (Wildman–Crippen LogP) is 1.94. The first-order valence-corrected chi connectivity index (χ1v) is 5.65. The minimum absolute atomic E-state index is 0.00819. The summed E-state index contributed by atoms with van der Waals surface area (Å²) in [6, 6.07) is 7.89. The van der Waals surface area contributed by atoms with E-state index in [-0.39, 0.29) is 11.8 Å². The fourth-order valence-corrected chi connectivity index (χ4v) is 1.66. The molecule has 1 aromatic rings. The molecule has 0 saturated carbocycles. The third-order valence-corrected chi connectivity index (χ3v) is 2.52. The Morgan fingerprint density at radius 1 is 1.38 bits per heavy atom. The molecule has 0 radical (unpaired) electrons. The van der Waals surface area contributed by atoms with E-state index < -0.39 is 0 Å². The maximum Gasteiger partial charge on any atom is 0.229 e. The van der Waals surface area contributed by atoms with Gasteiger partial charge in [0.15, 0.2) is 0 Å². The van der Waals surface area contributed by atoms with Crippen LogP contribution in [0.15, 0.2) is 24.3 Å². The van der Waals surface area contributed by atoms with Crippen LogP contribution in [-0.4, -0.2) is 19.0 Å². The molecular weight excluding hydrogens is 200 g/mol. The number of anilines is 1. The normalized spacial score (nSPS) is 10.6. The van der Waals surface area contributed by atoms with Crippen molar-refractivity contribution in [3.63, 3.8) is 0 Å². The molecule has 0 bridgehead atoms. The second-order valence-corrected chi connectivity index (χ2v) is 4.22. The molecule has 16 heavy (non-hydrogen) atoms. The molecule has 3 heteroatoms. The zero-order valence-electron chi connectivity index (χ0n) is 10.2. The highest BCUT2D eigenvalue weighted by Gasteiger charge is 2.18. The Balaban J connectivity index is 3.03. The van der Waals surface area contributed by atoms with Crippen LogP contribution < -0.4 is 10.6 Å². The minimum Gasteiger partial charge on any atom is -0.329 e. The van der Waals surface area contributed by atoms with Gasteiger partial charge in [0.25, 0.3) is 0 Å². The minimum atomic E-state index is -0.00819. The van der Waals surface area contributed by atoms with Crippen molar-refractivity contribution >= 4 is 11.6 Å². The van der Waals surface area contributed by atoms with E-state index in [1.165, 1.54) is 0 Å². The van der Waals surface area contributed by atoms with Crippen molar-refractivity contribution in [2.75, 3.05) is 18.0 Å². The van der Waals surface area contributed by atoms with Crippen molar-refractivity contribution < 1.29 is 4.79 Å². The van der Waals surface area contributed by atoms with Gasteiger partial charge in [-0.1, -0.05) is 32.0 Å². The van der Waals surface area contributed by atoms with Crippen molar-refractivity contribution in [1.82, 2.24) is 0 Å². The number of carbonyl (C=O) groups is 1. The summed E-state index contributed by atoms with van der Waals surface area (Å²) in [7, 11) is 0. The highest BCUT2D eigenvalue weighted by Crippen LogP contribution is 2.20. The summed E-state index contributed by atoms with van der Waals surface area (Å²) in [5.74, 6) is 0.117. The lowest BCUT2D eigenvalue weighted by molar-refractivity contribution is -0.121. The van der Waals surface area contributed by atoms with E-state index in [0.29, 0.717) is 13.1 Å². The molecule has 2 N–H and O–H groups in total. The number of para-hydroxylation sites is 1. The van der Waals surface area contributed by atoms with Crippen molar-refractivity contribution in [1.29, 1.82) is 0 Å². The van der Waals surface area contributed by atoms with E-state index in [0.717, 1.165) is 11.3 Å². The number of aryl methyl sites for hydroxylation is 1. The smallest absolute Gasteiger partial charge is 0.229 e. The van der Waals surface area contributed by atoms with Crippen LogP contribution in [0.25, 0.3) is 0 Å². The molecule has 0 spiro atoms. The van der Waals surface area contributed by atoms with E-state index in [9.17, 15) is 4.79 Å². The Morgan fingerprint density at radius 2 is 2.00 bits per heavy atom. The largest absolute Gasteiger partial charge is 0.329 e. The Bertz CT molecular complexity index is 361. The van der Waals surface area contributed by atoms with Gasteiger partial charge in [-0.2, -0.15) is 0 Å². The molecule has 0 unspecified atom stereocenters. The zero-order chi connectivity index (χ0) is 12.1. The molecule has 3 nitrogen and oxygen atoms in total. The van der Waals surface area contributed by atoms with Crippen molar-refractivity contribution in [3.8, 4) is 0 Å². The van der Waals surface area contributed by atoms with Crippen LogP contribution in [0, 0.1) is 12.8 Å². The van der Waals surface area contributed by atoms with Gasteiger partial charge in [-0.3, -0.25) is 4.79 Å². The van der Waals surface area contributed by atoms with Gasteiger partial charge in [-0.15, -0.1) is 0 Å². The highest BCUT2D eigenvalue weighted by molar-refractivity contribution is 5.95. The van der Waals surface area contributed by atoms with Gasteiger partial charge < -0.3 is 10.6 Å². The monoisotopic (exact) mass is 220 g/mol. The van der Waals surface area contributed by atoms with Crippen LogP contribution in [0.5, 0.6) is 0 Å². The van der Waals surface area contributed by atoms with E-state index in [2.05, 4.69) is 0 Å². The van der Waals surface area contributed by atoms with Crippen LogP contribution in [0.2, 0.25) is 0 Å². The fourth-order valence-electron chi connectivity index (χ4n) is 1.66. The van der Waals surface area contributed by atoms with Crippen molar-refractivity contribution in [3.05, 3.63) is 29.8 Å². The molecular formula is C13H20N2O. The molecule has 1 rings (SSSR count). The lowest BCUT2D eigenvalue weighted by Crippen LogP contribution is -2.38. The molecule has 0 fully saturated rings. The lowest BCUT2D eigenvalue weighted by atomic mass is 10.1. The summed E-state index contributed by atoms with van der Waals surface area (Å²) in [5, 5.41) is 0. The molecule has 0 aliphatic rings. The van der Waals surface area contributed by atoms with Gasteiger partial charge in [0.1, 0.15) is 0 Å². The van der Waals surface area contributed by atoms with Gasteiger partial charge in [-0.05, 0) is 18.6 Å². The second-order valence-electron chi connectivity index (χ2n) is 4.22. The Labute approximate surface area is 97.2 Å². The Hall–Kier alpha value is -1.35. The lowest BCUT2D eigenvalue weighted by Gasteiger charge is -2.25. The second kappa shape index (κ2) is 5.66. The quantitative estimate of drug-likeness (QED) is 0.843. The SMILES string of the molecule is Cc1ccccc1N(CCN)C(=O)C(C)C. The maximum absolute atomic E-state index is 12.1. The van der Waals surface area contributed by atoms with Crippen LogP contribution in [0.4, 0.5) is 5.69 Å². The number of hydrogen-bond donors (Lipinski definition) is 1. The molecule has 0 saturated heterocycles. The van der Waals surface area contributed by atoms with Crippen LogP contribution in [0.1, 0.15) is 19.4 Å². The summed E-state index contributed by atoms with van der Waals surface area (Å²) < 4.78 is 0. The molecule has 0 aliphatic carbocycles. The highest BCUT2D eigenvalue weighted by atomic mass is 16.2. The topological polar surface area (TPSA) is 46.3 Å². The summed E-state index contributed by atoms with van der Waals surface area (Å²) in [6.07, 6.45) is 0. The first-order chi connectivity index (χ1) is 7.57. The van der Waals surface area contributed by atoms with E-state index in [1.54, 1.807) is 4.90 Å². The van der Waals surface area contributed by atoms with Gasteiger partial charge in [-0.25, -0.2) is 0 Å². The summed E-state index contributed by atoms with van der Waals surface area (Å²) in [6.45, 7) is 6.87. The van der Waals surface area contributed by atoms with E-state index in [4.69, 9.17) is 5.73 Å². The number of nitrogens with two attached hydrogens (primary N) is 1. The standard InChI is InChI=1S/C13H20N2O/c1-10(2)13(16)15(9-8-14)12-7-5-4-6-11(12)3/h4-7,10H,8-9,14H2,1-3H3. The fraction of sp³-hybridized carbons (Fsp3) is 0.462. The average Bonchev–Trinajstić information content (AvgIpc) is 2.26. The maximum atomic E-state index is 12.1. The molecule has 0 aromatic heterocycles. The number of benzene rings is 1. The van der Waals surface area contributed by atoms with Crippen molar-refractivity contribution in [2.24, 2.45) is 11.7 Å². The van der Waals surface area contributed by atoms with Crippen LogP contribution >= 0.6 is 0 Å². The number of rotatable bonds is 4. The first kappa shape index (κ1) is 12.7. The predicted molar refractivity (Wildman–Crippen MR) is 67.4 cm³/mol. The summed E-state index contributed by atoms with van der Waals surface area (Å²) >= 11 is 0.